The van der Waals surface area contributed by atoms with E-state index in [-0.39, 0.29) is 19.1 Å². The molecule has 0 aliphatic rings. The summed E-state index contributed by atoms with van der Waals surface area (Å²) in [5.41, 5.74) is 8.01. The number of para-hydroxylation sites is 1. The Morgan fingerprint density at radius 2 is 1.74 bits per heavy atom. The molecule has 0 radical (unpaired) electrons. The third-order valence-corrected chi connectivity index (χ3v) is 6.03. The van der Waals surface area contributed by atoms with Gasteiger partial charge in [0.05, 0.1) is 13.2 Å². The molecule has 0 fully saturated rings. The summed E-state index contributed by atoms with van der Waals surface area (Å²) >= 11 is 1.54. The molecule has 0 saturated heterocycles. The van der Waals surface area contributed by atoms with Crippen LogP contribution in [0, 0.1) is 6.92 Å². The predicted molar refractivity (Wildman–Crippen MR) is 159 cm³/mol. The monoisotopic (exact) mass is 565 g/mol. The van der Waals surface area contributed by atoms with Gasteiger partial charge in [-0.15, -0.1) is 0 Å². The van der Waals surface area contributed by atoms with Crippen molar-refractivity contribution in [1.82, 2.24) is 20.9 Å². The van der Waals surface area contributed by atoms with Crippen molar-refractivity contribution in [2.45, 2.75) is 72.4 Å². The summed E-state index contributed by atoms with van der Waals surface area (Å²) in [5, 5.41) is 8.98. The smallest absolute Gasteiger partial charge is 0.328 e. The maximum atomic E-state index is 12.6. The number of benzene rings is 1. The minimum absolute atomic E-state index is 0.212. The van der Waals surface area contributed by atoms with Crippen LogP contribution < -0.4 is 21.7 Å². The number of fused-ring (bicyclic) bond motifs is 1. The second-order valence-corrected chi connectivity index (χ2v) is 9.41. The number of aromatic amines is 1. The molecule has 3 amide bonds. The Balaban J connectivity index is 0.000000978. The molecule has 39 heavy (non-hydrogen) atoms. The van der Waals surface area contributed by atoms with Gasteiger partial charge < -0.3 is 31.4 Å². The summed E-state index contributed by atoms with van der Waals surface area (Å²) in [5.74, 6) is -1.11. The Kier molecular flexibility index (Phi) is 20.1. The fourth-order valence-corrected chi connectivity index (χ4v) is 3.90. The highest BCUT2D eigenvalue weighted by atomic mass is 32.2. The number of H-pyrrole nitrogens is 1. The third kappa shape index (κ3) is 15.2. The normalized spacial score (nSPS) is 11.6. The van der Waals surface area contributed by atoms with Crippen LogP contribution in [0.15, 0.2) is 30.5 Å². The minimum Gasteiger partial charge on any atom is -0.464 e. The Labute approximate surface area is 237 Å². The maximum absolute atomic E-state index is 12.6. The van der Waals surface area contributed by atoms with Gasteiger partial charge in [-0.1, -0.05) is 32.0 Å². The molecule has 0 saturated carbocycles. The summed E-state index contributed by atoms with van der Waals surface area (Å²) in [6.07, 6.45) is 6.14. The Morgan fingerprint density at radius 1 is 1.05 bits per heavy atom. The van der Waals surface area contributed by atoms with Crippen LogP contribution in [0.25, 0.3) is 10.9 Å². The van der Waals surface area contributed by atoms with E-state index in [9.17, 15) is 19.2 Å². The number of aromatic nitrogens is 1. The lowest BCUT2D eigenvalue weighted by molar-refractivity contribution is -0.148. The first-order valence-electron chi connectivity index (χ1n) is 13.5. The number of nitrogens with two attached hydrogens (primary N) is 1. The van der Waals surface area contributed by atoms with E-state index in [1.165, 1.54) is 35.2 Å². The molecule has 0 spiro atoms. The molecular formula is C28H47N5O5S. The topological polar surface area (TPSA) is 155 Å². The SMILES string of the molecule is CC.CCOC(=O)C(CCCCN)NC(=O)C(CCSC)NC(=O)CNC(C)=O.Cc1c[nH]c2ccccc12. The van der Waals surface area contributed by atoms with Crippen molar-refractivity contribution in [2.24, 2.45) is 5.73 Å². The molecular weight excluding hydrogens is 518 g/mol. The maximum Gasteiger partial charge on any atom is 0.328 e. The van der Waals surface area contributed by atoms with E-state index in [1.807, 2.05) is 32.4 Å². The molecule has 1 heterocycles. The molecule has 2 rings (SSSR count). The van der Waals surface area contributed by atoms with Gasteiger partial charge in [0.2, 0.25) is 17.7 Å². The van der Waals surface area contributed by atoms with Crippen molar-refractivity contribution < 1.29 is 23.9 Å². The number of rotatable bonds is 14. The molecule has 0 aliphatic carbocycles. The van der Waals surface area contributed by atoms with Crippen molar-refractivity contribution in [3.63, 3.8) is 0 Å². The van der Waals surface area contributed by atoms with E-state index in [0.29, 0.717) is 31.6 Å². The number of carbonyl (C=O) groups excluding carboxylic acids is 4. The molecule has 0 aliphatic heterocycles. The standard InChI is InChI=1S/C17H32N4O5S.C9H9N.C2H6/c1-4-26-17(25)14(7-5-6-9-18)21-16(24)13(8-10-27-3)20-15(23)11-19-12(2)22;1-7-6-10-9-5-3-2-4-8(7)9;1-2/h13-14H,4-11,18H2,1-3H3,(H,19,22)(H,20,23)(H,21,24);2-6,10H,1H3;1-2H3. The molecule has 220 valence electrons. The molecule has 11 heteroatoms. The summed E-state index contributed by atoms with van der Waals surface area (Å²) in [6.45, 7) is 9.61. The van der Waals surface area contributed by atoms with Crippen LogP contribution in [0.1, 0.15) is 58.9 Å². The number of ether oxygens (including phenoxy) is 1. The zero-order valence-corrected chi connectivity index (χ0v) is 25.0. The van der Waals surface area contributed by atoms with Gasteiger partial charge in [-0.3, -0.25) is 14.4 Å². The number of aryl methyl sites for hydroxylation is 1. The van der Waals surface area contributed by atoms with Gasteiger partial charge >= 0.3 is 5.97 Å². The van der Waals surface area contributed by atoms with E-state index in [0.717, 1.165) is 6.42 Å². The average molecular weight is 566 g/mol. The molecule has 0 bridgehead atoms. The van der Waals surface area contributed by atoms with Crippen molar-refractivity contribution in [1.29, 1.82) is 0 Å². The van der Waals surface area contributed by atoms with Crippen LogP contribution in [0.3, 0.4) is 0 Å². The second kappa shape index (κ2) is 21.8. The molecule has 1 aromatic carbocycles. The lowest BCUT2D eigenvalue weighted by Crippen LogP contribution is -2.53. The summed E-state index contributed by atoms with van der Waals surface area (Å²) < 4.78 is 5.02. The Morgan fingerprint density at radius 3 is 2.33 bits per heavy atom. The van der Waals surface area contributed by atoms with Gasteiger partial charge in [-0.05, 0) is 69.7 Å². The van der Waals surface area contributed by atoms with Gasteiger partial charge in [0.15, 0.2) is 0 Å². The number of hydrogen-bond donors (Lipinski definition) is 5. The van der Waals surface area contributed by atoms with E-state index >= 15 is 0 Å². The van der Waals surface area contributed by atoms with Crippen LogP contribution in [0.2, 0.25) is 0 Å². The summed E-state index contributed by atoms with van der Waals surface area (Å²) in [4.78, 5) is 50.8. The molecule has 10 nitrogen and oxygen atoms in total. The van der Waals surface area contributed by atoms with Crippen LogP contribution in [-0.2, 0) is 23.9 Å². The first kappa shape index (κ1) is 35.9. The van der Waals surface area contributed by atoms with E-state index in [2.05, 4.69) is 46.1 Å². The van der Waals surface area contributed by atoms with Gasteiger partial charge in [0.1, 0.15) is 12.1 Å². The number of hydrogen-bond acceptors (Lipinski definition) is 7. The van der Waals surface area contributed by atoms with E-state index < -0.39 is 29.9 Å². The molecule has 2 unspecified atom stereocenters. The molecule has 2 aromatic rings. The molecule has 1 aromatic heterocycles. The average Bonchev–Trinajstić information content (AvgIpc) is 3.31. The number of carbonyl (C=O) groups is 4. The van der Waals surface area contributed by atoms with Gasteiger partial charge in [-0.25, -0.2) is 4.79 Å². The largest absolute Gasteiger partial charge is 0.464 e. The Bertz CT molecular complexity index is 998. The van der Waals surface area contributed by atoms with Crippen molar-refractivity contribution in [3.8, 4) is 0 Å². The van der Waals surface area contributed by atoms with E-state index in [4.69, 9.17) is 10.5 Å². The minimum atomic E-state index is -0.801. The van der Waals surface area contributed by atoms with Gasteiger partial charge in [-0.2, -0.15) is 11.8 Å². The van der Waals surface area contributed by atoms with Gasteiger partial charge in [0.25, 0.3) is 0 Å². The summed E-state index contributed by atoms with van der Waals surface area (Å²) in [6, 6.07) is 6.73. The lowest BCUT2D eigenvalue weighted by atomic mass is 10.1. The Hall–Kier alpha value is -3.05. The lowest BCUT2D eigenvalue weighted by Gasteiger charge is -2.22. The number of esters is 1. The van der Waals surface area contributed by atoms with Crippen LogP contribution >= 0.6 is 11.8 Å². The zero-order chi connectivity index (χ0) is 29.6. The third-order valence-electron chi connectivity index (χ3n) is 5.39. The molecule has 2 atom stereocenters. The van der Waals surface area contributed by atoms with Crippen LogP contribution in [0.4, 0.5) is 0 Å². The van der Waals surface area contributed by atoms with E-state index in [1.54, 1.807) is 6.92 Å². The first-order chi connectivity index (χ1) is 18.7. The van der Waals surface area contributed by atoms with Crippen molar-refractivity contribution in [3.05, 3.63) is 36.0 Å². The highest BCUT2D eigenvalue weighted by Crippen LogP contribution is 2.15. The number of thioether (sulfide) groups is 1. The fourth-order valence-electron chi connectivity index (χ4n) is 3.43. The first-order valence-corrected chi connectivity index (χ1v) is 14.8. The highest BCUT2D eigenvalue weighted by Gasteiger charge is 2.27. The fraction of sp³-hybridized carbons (Fsp3) is 0.571. The number of nitrogens with one attached hydrogen (secondary N) is 4. The second-order valence-electron chi connectivity index (χ2n) is 8.43. The number of amides is 3. The van der Waals surface area contributed by atoms with Crippen LogP contribution in [0.5, 0.6) is 0 Å². The molecule has 6 N–H and O–H groups in total. The summed E-state index contributed by atoms with van der Waals surface area (Å²) in [7, 11) is 0. The van der Waals surface area contributed by atoms with Crippen LogP contribution in [-0.4, -0.2) is 72.5 Å². The van der Waals surface area contributed by atoms with Crippen molar-refractivity contribution in [2.75, 3.05) is 31.7 Å². The quantitative estimate of drug-likeness (QED) is 0.174. The predicted octanol–water partition coefficient (Wildman–Crippen LogP) is 3.04. The highest BCUT2D eigenvalue weighted by molar-refractivity contribution is 7.98. The zero-order valence-electron chi connectivity index (χ0n) is 24.2. The van der Waals surface area contributed by atoms with Crippen molar-refractivity contribution >= 4 is 46.4 Å². The number of unbranched alkanes of at least 4 members (excludes halogenated alkanes) is 1. The van der Waals surface area contributed by atoms with Gasteiger partial charge in [0, 0.05) is 24.0 Å².